The summed E-state index contributed by atoms with van der Waals surface area (Å²) in [6.45, 7) is 0.680. The van der Waals surface area contributed by atoms with Gasteiger partial charge in [0.1, 0.15) is 5.82 Å². The highest BCUT2D eigenvalue weighted by Crippen LogP contribution is 2.18. The van der Waals surface area contributed by atoms with Crippen LogP contribution in [0.5, 0.6) is 0 Å². The van der Waals surface area contributed by atoms with Crippen molar-refractivity contribution in [1.82, 2.24) is 10.3 Å². The molecule has 2 rings (SSSR count). The minimum atomic E-state index is -0.698. The number of nitrogens with one attached hydrogen (secondary N) is 2. The van der Waals surface area contributed by atoms with Gasteiger partial charge in [0.15, 0.2) is 0 Å². The van der Waals surface area contributed by atoms with E-state index in [4.69, 9.17) is 16.3 Å². The molecule has 18 heavy (non-hydrogen) atoms. The molecule has 1 saturated heterocycles. The molecule has 6 nitrogen and oxygen atoms in total. The van der Waals surface area contributed by atoms with Crippen LogP contribution in [-0.2, 0) is 4.74 Å². The molecule has 0 aliphatic carbocycles. The summed E-state index contributed by atoms with van der Waals surface area (Å²) >= 11 is 5.69. The number of nitrogens with zero attached hydrogens (tertiary/aromatic N) is 1. The molecule has 0 bridgehead atoms. The summed E-state index contributed by atoms with van der Waals surface area (Å²) in [4.78, 5) is 15.7. The third-order valence-corrected chi connectivity index (χ3v) is 2.98. The zero-order valence-corrected chi connectivity index (χ0v) is 10.4. The normalized spacial score (nSPS) is 22.8. The highest BCUT2D eigenvalue weighted by Gasteiger charge is 2.35. The van der Waals surface area contributed by atoms with E-state index in [1.165, 1.54) is 6.20 Å². The molecule has 0 saturated carbocycles. The van der Waals surface area contributed by atoms with Gasteiger partial charge in [-0.15, -0.1) is 0 Å². The van der Waals surface area contributed by atoms with Crippen LogP contribution in [0.3, 0.4) is 0 Å². The van der Waals surface area contributed by atoms with E-state index in [1.807, 2.05) is 0 Å². The average molecular weight is 272 g/mol. The number of rotatable bonds is 3. The van der Waals surface area contributed by atoms with Crippen molar-refractivity contribution >= 4 is 23.4 Å². The third-order valence-electron chi connectivity index (χ3n) is 2.75. The zero-order chi connectivity index (χ0) is 13.0. The number of ether oxygens (including phenoxy) is 1. The fraction of sp³-hybridized carbons (Fsp3) is 0.455. The van der Waals surface area contributed by atoms with Crippen molar-refractivity contribution in [2.24, 2.45) is 0 Å². The van der Waals surface area contributed by atoms with Gasteiger partial charge in [0.2, 0.25) is 0 Å². The van der Waals surface area contributed by atoms with Crippen LogP contribution in [0.25, 0.3) is 0 Å². The second kappa shape index (κ2) is 5.51. The van der Waals surface area contributed by atoms with Crippen LogP contribution in [0.15, 0.2) is 18.3 Å². The fourth-order valence-corrected chi connectivity index (χ4v) is 1.82. The van der Waals surface area contributed by atoms with Crippen molar-refractivity contribution in [3.05, 3.63) is 23.4 Å². The highest BCUT2D eigenvalue weighted by atomic mass is 35.5. The van der Waals surface area contributed by atoms with Crippen molar-refractivity contribution in [2.75, 3.05) is 25.1 Å². The molecule has 0 radical (unpaired) electrons. The molecule has 1 aliphatic rings. The summed E-state index contributed by atoms with van der Waals surface area (Å²) < 4.78 is 5.18. The number of aliphatic hydroxyl groups is 1. The summed E-state index contributed by atoms with van der Waals surface area (Å²) in [5.41, 5.74) is -0.698. The number of pyridine rings is 1. The number of carbonyl (C=O) groups excluding carboxylic acids is 1. The minimum Gasteiger partial charge on any atom is -0.394 e. The number of hydrogen-bond donors (Lipinski definition) is 3. The number of amides is 2. The van der Waals surface area contributed by atoms with Crippen molar-refractivity contribution < 1.29 is 14.6 Å². The van der Waals surface area contributed by atoms with Gasteiger partial charge in [0, 0.05) is 12.8 Å². The number of aliphatic hydroxyl groups excluding tert-OH is 1. The quantitative estimate of drug-likeness (QED) is 0.766. The Morgan fingerprint density at radius 1 is 1.61 bits per heavy atom. The van der Waals surface area contributed by atoms with E-state index in [2.05, 4.69) is 15.6 Å². The third kappa shape index (κ3) is 3.10. The van der Waals surface area contributed by atoms with Gasteiger partial charge in [-0.25, -0.2) is 9.78 Å². The van der Waals surface area contributed by atoms with Gasteiger partial charge >= 0.3 is 6.03 Å². The van der Waals surface area contributed by atoms with Crippen molar-refractivity contribution in [2.45, 2.75) is 12.0 Å². The van der Waals surface area contributed by atoms with Gasteiger partial charge in [-0.1, -0.05) is 11.6 Å². The summed E-state index contributed by atoms with van der Waals surface area (Å²) in [6.07, 6.45) is 2.03. The number of hydrogen-bond acceptors (Lipinski definition) is 4. The maximum atomic E-state index is 11.8. The zero-order valence-electron chi connectivity index (χ0n) is 9.65. The topological polar surface area (TPSA) is 83.5 Å². The van der Waals surface area contributed by atoms with Gasteiger partial charge < -0.3 is 15.2 Å². The number of anilines is 1. The predicted octanol–water partition coefficient (Wildman–Crippen LogP) is 1.01. The summed E-state index contributed by atoms with van der Waals surface area (Å²) in [5, 5.41) is 15.1. The fourth-order valence-electron chi connectivity index (χ4n) is 1.71. The second-order valence-electron chi connectivity index (χ2n) is 4.18. The lowest BCUT2D eigenvalue weighted by molar-refractivity contribution is 0.126. The van der Waals surface area contributed by atoms with E-state index in [9.17, 15) is 9.90 Å². The maximum Gasteiger partial charge on any atom is 0.320 e. The van der Waals surface area contributed by atoms with E-state index in [-0.39, 0.29) is 6.61 Å². The molecular weight excluding hydrogens is 258 g/mol. The first-order chi connectivity index (χ1) is 8.63. The number of aromatic nitrogens is 1. The first-order valence-corrected chi connectivity index (χ1v) is 5.91. The van der Waals surface area contributed by atoms with Gasteiger partial charge in [0.25, 0.3) is 0 Å². The van der Waals surface area contributed by atoms with Gasteiger partial charge in [-0.2, -0.15) is 0 Å². The Morgan fingerprint density at radius 2 is 2.44 bits per heavy atom. The van der Waals surface area contributed by atoms with Crippen LogP contribution in [0.1, 0.15) is 6.42 Å². The number of urea groups is 1. The van der Waals surface area contributed by atoms with E-state index >= 15 is 0 Å². The molecule has 2 amide bonds. The molecule has 98 valence electrons. The maximum absolute atomic E-state index is 11.8. The summed E-state index contributed by atoms with van der Waals surface area (Å²) in [5.74, 6) is 0.393. The Balaban J connectivity index is 1.94. The van der Waals surface area contributed by atoms with Crippen LogP contribution >= 0.6 is 11.6 Å². The van der Waals surface area contributed by atoms with E-state index in [0.717, 1.165) is 0 Å². The molecule has 7 heteroatoms. The van der Waals surface area contributed by atoms with Crippen LogP contribution < -0.4 is 10.6 Å². The van der Waals surface area contributed by atoms with Crippen LogP contribution in [0, 0.1) is 0 Å². The van der Waals surface area contributed by atoms with Crippen LogP contribution in [0.2, 0.25) is 5.02 Å². The molecule has 1 aliphatic heterocycles. The van der Waals surface area contributed by atoms with Crippen molar-refractivity contribution in [3.63, 3.8) is 0 Å². The Bertz CT molecular complexity index is 418. The van der Waals surface area contributed by atoms with Crippen LogP contribution in [0.4, 0.5) is 10.6 Å². The molecule has 0 spiro atoms. The molecule has 1 atom stereocenters. The lowest BCUT2D eigenvalue weighted by atomic mass is 10.0. The van der Waals surface area contributed by atoms with Gasteiger partial charge in [-0.05, 0) is 18.6 Å². The van der Waals surface area contributed by atoms with E-state index in [1.54, 1.807) is 12.1 Å². The second-order valence-corrected chi connectivity index (χ2v) is 4.62. The SMILES string of the molecule is O=C(Nc1ccc(Cl)cn1)NC1(CO)CCOC1. The Kier molecular flexibility index (Phi) is 4.00. The monoisotopic (exact) mass is 271 g/mol. The average Bonchev–Trinajstić information content (AvgIpc) is 2.81. The smallest absolute Gasteiger partial charge is 0.320 e. The lowest BCUT2D eigenvalue weighted by Gasteiger charge is -2.26. The Labute approximate surface area is 109 Å². The molecule has 1 unspecified atom stereocenters. The lowest BCUT2D eigenvalue weighted by Crippen LogP contribution is -2.53. The summed E-state index contributed by atoms with van der Waals surface area (Å²) in [6, 6.07) is 2.80. The van der Waals surface area contributed by atoms with E-state index < -0.39 is 11.6 Å². The molecule has 3 N–H and O–H groups in total. The molecule has 2 heterocycles. The van der Waals surface area contributed by atoms with Gasteiger partial charge in [0.05, 0.1) is 23.8 Å². The number of halogens is 1. The molecule has 1 aromatic heterocycles. The molecule has 0 aromatic carbocycles. The molecular formula is C11H14ClN3O3. The minimum absolute atomic E-state index is 0.158. The predicted molar refractivity (Wildman–Crippen MR) is 66.7 cm³/mol. The molecule has 1 fully saturated rings. The summed E-state index contributed by atoms with van der Waals surface area (Å²) in [7, 11) is 0. The number of carbonyl (C=O) groups is 1. The van der Waals surface area contributed by atoms with Crippen LogP contribution in [-0.4, -0.2) is 41.5 Å². The first-order valence-electron chi connectivity index (χ1n) is 5.53. The van der Waals surface area contributed by atoms with E-state index in [0.29, 0.717) is 30.5 Å². The standard InChI is InChI=1S/C11H14ClN3O3/c12-8-1-2-9(13-5-8)14-10(17)15-11(6-16)3-4-18-7-11/h1-2,5,16H,3-4,6-7H2,(H2,13,14,15,17). The van der Waals surface area contributed by atoms with Crippen molar-refractivity contribution in [3.8, 4) is 0 Å². The highest BCUT2D eigenvalue weighted by molar-refractivity contribution is 6.30. The van der Waals surface area contributed by atoms with Gasteiger partial charge in [-0.3, -0.25) is 5.32 Å². The largest absolute Gasteiger partial charge is 0.394 e. The Hall–Kier alpha value is -1.37. The van der Waals surface area contributed by atoms with Crippen molar-refractivity contribution in [1.29, 1.82) is 0 Å². The first kappa shape index (κ1) is 13.1. The molecule has 1 aromatic rings. The Morgan fingerprint density at radius 3 is 3.00 bits per heavy atom.